The van der Waals surface area contributed by atoms with Crippen LogP contribution >= 0.6 is 15.9 Å². The number of aromatic amines is 1. The van der Waals surface area contributed by atoms with Crippen LogP contribution in [0.4, 0.5) is 8.78 Å². The number of nitriles is 1. The van der Waals surface area contributed by atoms with Crippen molar-refractivity contribution in [1.82, 2.24) is 4.98 Å². The molecule has 0 bridgehead atoms. The fraction of sp³-hybridized carbons (Fsp3) is 0. The summed E-state index contributed by atoms with van der Waals surface area (Å²) in [6, 6.07) is 8.46. The second kappa shape index (κ2) is 5.19. The fourth-order valence-corrected chi connectivity index (χ4v) is 2.59. The van der Waals surface area contributed by atoms with Gasteiger partial charge in [0, 0.05) is 29.2 Å². The van der Waals surface area contributed by atoms with E-state index in [1.165, 1.54) is 18.2 Å². The van der Waals surface area contributed by atoms with Gasteiger partial charge in [-0.05, 0) is 34.1 Å². The van der Waals surface area contributed by atoms with E-state index in [-0.39, 0.29) is 17.1 Å². The predicted molar refractivity (Wildman–Crippen MR) is 77.1 cm³/mol. The normalized spacial score (nSPS) is 10.6. The topological polar surface area (TPSA) is 48.8 Å². The minimum atomic E-state index is -0.648. The Balaban J connectivity index is 2.08. The van der Waals surface area contributed by atoms with Crippen molar-refractivity contribution in [1.29, 1.82) is 5.26 Å². The van der Waals surface area contributed by atoms with Gasteiger partial charge in [0.1, 0.15) is 17.6 Å². The van der Waals surface area contributed by atoms with Gasteiger partial charge in [0.2, 0.25) is 0 Å². The summed E-state index contributed by atoms with van der Waals surface area (Å²) in [6.07, 6.45) is 1.68. The number of nitrogens with zero attached hydrogens (tertiary/aromatic N) is 1. The molecule has 0 saturated heterocycles. The van der Waals surface area contributed by atoms with Crippen LogP contribution in [0.5, 0.6) is 11.5 Å². The summed E-state index contributed by atoms with van der Waals surface area (Å²) in [6.45, 7) is 0. The maximum absolute atomic E-state index is 14.1. The quantitative estimate of drug-likeness (QED) is 0.717. The SMILES string of the molecule is N#Cc1cc(Oc2c(F)cc3[nH]ccc3c2Br)ccc1F. The van der Waals surface area contributed by atoms with Gasteiger partial charge < -0.3 is 9.72 Å². The van der Waals surface area contributed by atoms with Crippen LogP contribution in [0.3, 0.4) is 0 Å². The van der Waals surface area contributed by atoms with Crippen LogP contribution in [0.25, 0.3) is 10.9 Å². The third-order valence-electron chi connectivity index (χ3n) is 2.98. The van der Waals surface area contributed by atoms with E-state index >= 15 is 0 Å². The summed E-state index contributed by atoms with van der Waals surface area (Å²) in [5.74, 6) is -1.05. The number of hydrogen-bond donors (Lipinski definition) is 1. The van der Waals surface area contributed by atoms with Crippen molar-refractivity contribution >= 4 is 26.8 Å². The molecule has 104 valence electrons. The lowest BCUT2D eigenvalue weighted by atomic mass is 10.2. The van der Waals surface area contributed by atoms with Gasteiger partial charge in [0.05, 0.1) is 10.0 Å². The highest BCUT2D eigenvalue weighted by molar-refractivity contribution is 9.10. The molecule has 0 aliphatic carbocycles. The smallest absolute Gasteiger partial charge is 0.177 e. The van der Waals surface area contributed by atoms with Crippen LogP contribution in [0.1, 0.15) is 5.56 Å². The molecule has 0 aliphatic rings. The van der Waals surface area contributed by atoms with Crippen molar-refractivity contribution in [2.75, 3.05) is 0 Å². The highest BCUT2D eigenvalue weighted by Gasteiger charge is 2.15. The molecule has 0 atom stereocenters. The van der Waals surface area contributed by atoms with E-state index < -0.39 is 11.6 Å². The molecule has 21 heavy (non-hydrogen) atoms. The van der Waals surface area contributed by atoms with E-state index in [1.807, 2.05) is 0 Å². The average molecular weight is 349 g/mol. The first-order valence-electron chi connectivity index (χ1n) is 5.92. The molecule has 3 nitrogen and oxygen atoms in total. The maximum atomic E-state index is 14.1. The Bertz CT molecular complexity index is 883. The van der Waals surface area contributed by atoms with E-state index in [0.29, 0.717) is 9.99 Å². The van der Waals surface area contributed by atoms with Gasteiger partial charge in [-0.2, -0.15) is 5.26 Å². The van der Waals surface area contributed by atoms with Crippen LogP contribution in [0.15, 0.2) is 41.0 Å². The monoisotopic (exact) mass is 348 g/mol. The van der Waals surface area contributed by atoms with Crippen molar-refractivity contribution in [2.24, 2.45) is 0 Å². The molecular weight excluding hydrogens is 342 g/mol. The minimum Gasteiger partial charge on any atom is -0.453 e. The lowest BCUT2D eigenvalue weighted by molar-refractivity contribution is 0.439. The molecule has 0 spiro atoms. The van der Waals surface area contributed by atoms with Crippen LogP contribution in [-0.2, 0) is 0 Å². The summed E-state index contributed by atoms with van der Waals surface area (Å²) in [5.41, 5.74) is 0.468. The number of aromatic nitrogens is 1. The Labute approximate surface area is 126 Å². The molecule has 1 aromatic heterocycles. The molecule has 1 N–H and O–H groups in total. The Hall–Kier alpha value is -2.39. The fourth-order valence-electron chi connectivity index (χ4n) is 1.98. The summed E-state index contributed by atoms with van der Waals surface area (Å²) in [4.78, 5) is 2.90. The van der Waals surface area contributed by atoms with Crippen molar-refractivity contribution in [3.63, 3.8) is 0 Å². The number of halogens is 3. The number of hydrogen-bond acceptors (Lipinski definition) is 2. The van der Waals surface area contributed by atoms with E-state index in [4.69, 9.17) is 10.00 Å². The number of H-pyrrole nitrogens is 1. The third-order valence-corrected chi connectivity index (χ3v) is 3.77. The van der Waals surface area contributed by atoms with Crippen LogP contribution in [0, 0.1) is 23.0 Å². The van der Waals surface area contributed by atoms with Gasteiger partial charge in [-0.15, -0.1) is 0 Å². The second-order valence-corrected chi connectivity index (χ2v) is 5.09. The largest absolute Gasteiger partial charge is 0.453 e. The zero-order chi connectivity index (χ0) is 15.0. The molecule has 0 saturated carbocycles. The molecule has 0 aliphatic heterocycles. The van der Waals surface area contributed by atoms with E-state index in [0.717, 1.165) is 11.5 Å². The zero-order valence-electron chi connectivity index (χ0n) is 10.5. The Morgan fingerprint density at radius 3 is 2.71 bits per heavy atom. The molecule has 0 radical (unpaired) electrons. The summed E-state index contributed by atoms with van der Waals surface area (Å²) in [7, 11) is 0. The Kier molecular flexibility index (Phi) is 3.35. The van der Waals surface area contributed by atoms with E-state index in [9.17, 15) is 8.78 Å². The molecule has 6 heteroatoms. The van der Waals surface area contributed by atoms with Crippen LogP contribution in [0.2, 0.25) is 0 Å². The molecule has 2 aromatic carbocycles. The van der Waals surface area contributed by atoms with Crippen molar-refractivity contribution in [3.8, 4) is 17.6 Å². The summed E-state index contributed by atoms with van der Waals surface area (Å²) >= 11 is 3.30. The molecule has 0 amide bonds. The molecule has 3 aromatic rings. The van der Waals surface area contributed by atoms with Crippen LogP contribution < -0.4 is 4.74 Å². The number of fused-ring (bicyclic) bond motifs is 1. The van der Waals surface area contributed by atoms with Gasteiger partial charge in [0.25, 0.3) is 0 Å². The first-order valence-corrected chi connectivity index (χ1v) is 6.72. The van der Waals surface area contributed by atoms with E-state index in [2.05, 4.69) is 20.9 Å². The Morgan fingerprint density at radius 2 is 1.95 bits per heavy atom. The number of benzene rings is 2. The highest BCUT2D eigenvalue weighted by Crippen LogP contribution is 2.38. The minimum absolute atomic E-state index is 0.0161. The molecule has 0 unspecified atom stereocenters. The molecule has 1 heterocycles. The first kappa shape index (κ1) is 13.6. The Morgan fingerprint density at radius 1 is 1.14 bits per heavy atom. The molecule has 3 rings (SSSR count). The standard InChI is InChI=1S/C15H7BrF2N2O/c16-14-10-3-4-20-13(10)6-12(18)15(14)21-9-1-2-11(17)8(5-9)7-19/h1-6,20H. The van der Waals surface area contributed by atoms with Crippen molar-refractivity contribution in [2.45, 2.75) is 0 Å². The van der Waals surface area contributed by atoms with Crippen LogP contribution in [-0.4, -0.2) is 4.98 Å². The van der Waals surface area contributed by atoms with Crippen molar-refractivity contribution in [3.05, 3.63) is 58.2 Å². The van der Waals surface area contributed by atoms with Gasteiger partial charge in [-0.1, -0.05) is 0 Å². The van der Waals surface area contributed by atoms with Gasteiger partial charge in [-0.25, -0.2) is 8.78 Å². The highest BCUT2D eigenvalue weighted by atomic mass is 79.9. The lowest BCUT2D eigenvalue weighted by Crippen LogP contribution is -1.92. The zero-order valence-corrected chi connectivity index (χ0v) is 12.0. The van der Waals surface area contributed by atoms with Crippen molar-refractivity contribution < 1.29 is 13.5 Å². The van der Waals surface area contributed by atoms with Gasteiger partial charge in [0.15, 0.2) is 11.6 Å². The predicted octanol–water partition coefficient (Wildman–Crippen LogP) is 4.87. The van der Waals surface area contributed by atoms with E-state index in [1.54, 1.807) is 18.3 Å². The van der Waals surface area contributed by atoms with Gasteiger partial charge >= 0.3 is 0 Å². The molecular formula is C15H7BrF2N2O. The number of rotatable bonds is 2. The number of ether oxygens (including phenoxy) is 1. The lowest BCUT2D eigenvalue weighted by Gasteiger charge is -2.10. The third kappa shape index (κ3) is 2.36. The molecule has 0 fully saturated rings. The summed E-state index contributed by atoms with van der Waals surface area (Å²) in [5, 5.41) is 9.56. The number of nitrogens with one attached hydrogen (secondary N) is 1. The average Bonchev–Trinajstić information content (AvgIpc) is 2.93. The summed E-state index contributed by atoms with van der Waals surface area (Å²) < 4.78 is 33.3. The second-order valence-electron chi connectivity index (χ2n) is 4.30. The maximum Gasteiger partial charge on any atom is 0.177 e. The van der Waals surface area contributed by atoms with Gasteiger partial charge in [-0.3, -0.25) is 0 Å². The first-order chi connectivity index (χ1) is 10.1.